The van der Waals surface area contributed by atoms with Crippen LogP contribution in [0.4, 0.5) is 11.4 Å². The van der Waals surface area contributed by atoms with Gasteiger partial charge in [-0.1, -0.05) is 72.3 Å². The van der Waals surface area contributed by atoms with Crippen LogP contribution in [0.1, 0.15) is 23.6 Å². The molecule has 38 heavy (non-hydrogen) atoms. The third kappa shape index (κ3) is 5.98. The zero-order valence-electron chi connectivity index (χ0n) is 21.3. The monoisotopic (exact) mass is 520 g/mol. The number of benzene rings is 4. The van der Waals surface area contributed by atoms with E-state index in [2.05, 4.69) is 19.1 Å². The highest BCUT2D eigenvalue weighted by Crippen LogP contribution is 2.38. The van der Waals surface area contributed by atoms with Gasteiger partial charge >= 0.3 is 0 Å². The van der Waals surface area contributed by atoms with Crippen molar-refractivity contribution in [2.24, 2.45) is 4.99 Å². The molecule has 0 bridgehead atoms. The van der Waals surface area contributed by atoms with Crippen molar-refractivity contribution >= 4 is 40.3 Å². The van der Waals surface area contributed by atoms with Gasteiger partial charge in [0.2, 0.25) is 0 Å². The fourth-order valence-corrected chi connectivity index (χ4v) is 5.08. The van der Waals surface area contributed by atoms with E-state index in [-0.39, 0.29) is 5.91 Å². The van der Waals surface area contributed by atoms with Gasteiger partial charge in [-0.25, -0.2) is 4.99 Å². The summed E-state index contributed by atoms with van der Waals surface area (Å²) in [7, 11) is 0. The summed E-state index contributed by atoms with van der Waals surface area (Å²) < 4.78 is 12.0. The predicted molar refractivity (Wildman–Crippen MR) is 156 cm³/mol. The van der Waals surface area contributed by atoms with Crippen LogP contribution in [-0.4, -0.2) is 17.7 Å². The summed E-state index contributed by atoms with van der Waals surface area (Å²) in [5.41, 5.74) is 4.70. The quantitative estimate of drug-likeness (QED) is 0.223. The Morgan fingerprint density at radius 2 is 1.61 bits per heavy atom. The van der Waals surface area contributed by atoms with Crippen molar-refractivity contribution in [3.63, 3.8) is 0 Å². The molecular formula is C32H28N2O3S. The first-order valence-corrected chi connectivity index (χ1v) is 13.3. The maximum Gasteiger partial charge on any atom is 0.271 e. The van der Waals surface area contributed by atoms with Gasteiger partial charge < -0.3 is 9.47 Å². The molecule has 1 aliphatic heterocycles. The largest absolute Gasteiger partial charge is 0.490 e. The highest BCUT2D eigenvalue weighted by molar-refractivity contribution is 8.19. The average molecular weight is 521 g/mol. The van der Waals surface area contributed by atoms with Crippen LogP contribution >= 0.6 is 11.8 Å². The van der Waals surface area contributed by atoms with E-state index >= 15 is 0 Å². The van der Waals surface area contributed by atoms with E-state index in [0.29, 0.717) is 34.8 Å². The summed E-state index contributed by atoms with van der Waals surface area (Å²) in [5.74, 6) is 1.19. The van der Waals surface area contributed by atoms with Crippen LogP contribution in [0.2, 0.25) is 0 Å². The fourth-order valence-electron chi connectivity index (χ4n) is 4.08. The Kier molecular flexibility index (Phi) is 7.90. The van der Waals surface area contributed by atoms with Crippen molar-refractivity contribution in [1.82, 2.24) is 0 Å². The molecule has 6 heteroatoms. The third-order valence-electron chi connectivity index (χ3n) is 5.84. The van der Waals surface area contributed by atoms with Crippen LogP contribution in [0.15, 0.2) is 113 Å². The standard InChI is InChI=1S/C32H28N2O3S/c1-3-36-29-20-24(17-18-28(29)37-22-25-12-10-11-23(2)19-25)21-30-31(35)34(27-15-8-5-9-16-27)32(38-30)33-26-13-6-4-7-14-26/h4-21H,3,22H2,1-2H3/b30-21+,33-32?. The number of para-hydroxylation sites is 2. The molecule has 1 fully saturated rings. The third-order valence-corrected chi connectivity index (χ3v) is 6.81. The van der Waals surface area contributed by atoms with Gasteiger partial charge in [-0.15, -0.1) is 0 Å². The number of rotatable bonds is 8. The highest BCUT2D eigenvalue weighted by Gasteiger charge is 2.34. The number of nitrogens with zero attached hydrogens (tertiary/aromatic N) is 2. The molecule has 4 aromatic carbocycles. The van der Waals surface area contributed by atoms with Gasteiger partial charge in [-0.05, 0) is 79.2 Å². The Balaban J connectivity index is 1.44. The fraction of sp³-hybridized carbons (Fsp3) is 0.125. The van der Waals surface area contributed by atoms with Crippen LogP contribution in [0, 0.1) is 6.92 Å². The van der Waals surface area contributed by atoms with Crippen LogP contribution in [0.3, 0.4) is 0 Å². The Morgan fingerprint density at radius 3 is 2.34 bits per heavy atom. The number of aliphatic imine (C=N–C) groups is 1. The number of hydrogen-bond acceptors (Lipinski definition) is 5. The van der Waals surface area contributed by atoms with Crippen molar-refractivity contribution < 1.29 is 14.3 Å². The highest BCUT2D eigenvalue weighted by atomic mass is 32.2. The molecule has 4 aromatic rings. The molecule has 1 heterocycles. The number of carbonyl (C=O) groups is 1. The summed E-state index contributed by atoms with van der Waals surface area (Å²) in [5, 5.41) is 0.613. The average Bonchev–Trinajstić information content (AvgIpc) is 3.23. The molecule has 5 nitrogen and oxygen atoms in total. The van der Waals surface area contributed by atoms with Crippen LogP contribution in [0.5, 0.6) is 11.5 Å². The van der Waals surface area contributed by atoms with E-state index in [1.165, 1.54) is 17.3 Å². The van der Waals surface area contributed by atoms with Crippen molar-refractivity contribution in [2.45, 2.75) is 20.5 Å². The molecule has 0 aromatic heterocycles. The molecule has 0 radical (unpaired) electrons. The van der Waals surface area contributed by atoms with Gasteiger partial charge in [0, 0.05) is 0 Å². The zero-order chi connectivity index (χ0) is 26.3. The maximum absolute atomic E-state index is 13.6. The minimum Gasteiger partial charge on any atom is -0.490 e. The minimum absolute atomic E-state index is 0.117. The Labute approximate surface area is 227 Å². The number of amidine groups is 1. The van der Waals surface area contributed by atoms with Crippen molar-refractivity contribution in [3.8, 4) is 11.5 Å². The van der Waals surface area contributed by atoms with Crippen LogP contribution in [-0.2, 0) is 11.4 Å². The van der Waals surface area contributed by atoms with Gasteiger partial charge in [0.15, 0.2) is 16.7 Å². The summed E-state index contributed by atoms with van der Waals surface area (Å²) in [4.78, 5) is 20.6. The van der Waals surface area contributed by atoms with E-state index in [0.717, 1.165) is 22.5 Å². The number of amides is 1. The second-order valence-corrected chi connectivity index (χ2v) is 9.74. The number of carbonyl (C=O) groups excluding carboxylic acids is 1. The predicted octanol–water partition coefficient (Wildman–Crippen LogP) is 7.78. The summed E-state index contributed by atoms with van der Waals surface area (Å²) in [6.45, 7) is 4.95. The van der Waals surface area contributed by atoms with Gasteiger partial charge in [0.05, 0.1) is 22.9 Å². The molecule has 1 amide bonds. The van der Waals surface area contributed by atoms with Gasteiger partial charge in [0.25, 0.3) is 5.91 Å². The van der Waals surface area contributed by atoms with Gasteiger partial charge in [0.1, 0.15) is 6.61 Å². The second kappa shape index (κ2) is 11.8. The normalized spacial score (nSPS) is 15.3. The first-order chi connectivity index (χ1) is 18.6. The molecule has 0 atom stereocenters. The first-order valence-electron chi connectivity index (χ1n) is 12.5. The van der Waals surface area contributed by atoms with E-state index in [1.54, 1.807) is 4.90 Å². The SMILES string of the molecule is CCOc1cc(/C=C2/SC(=Nc3ccccc3)N(c3ccccc3)C2=O)ccc1OCc1cccc(C)c1. The Morgan fingerprint density at radius 1 is 0.842 bits per heavy atom. The maximum atomic E-state index is 13.6. The molecule has 190 valence electrons. The zero-order valence-corrected chi connectivity index (χ0v) is 22.2. The van der Waals surface area contributed by atoms with E-state index in [4.69, 9.17) is 14.5 Å². The number of anilines is 1. The minimum atomic E-state index is -0.117. The lowest BCUT2D eigenvalue weighted by Crippen LogP contribution is -2.28. The van der Waals surface area contributed by atoms with E-state index in [1.807, 2.05) is 104 Å². The molecule has 0 unspecified atom stereocenters. The molecule has 0 aliphatic carbocycles. The lowest BCUT2D eigenvalue weighted by molar-refractivity contribution is -0.113. The van der Waals surface area contributed by atoms with Crippen LogP contribution < -0.4 is 14.4 Å². The molecule has 5 rings (SSSR count). The topological polar surface area (TPSA) is 51.1 Å². The van der Waals surface area contributed by atoms with Gasteiger partial charge in [-0.2, -0.15) is 0 Å². The number of hydrogen-bond donors (Lipinski definition) is 0. The number of ether oxygens (including phenoxy) is 2. The lowest BCUT2D eigenvalue weighted by Gasteiger charge is -2.15. The summed E-state index contributed by atoms with van der Waals surface area (Å²) in [6.07, 6.45) is 1.88. The first kappa shape index (κ1) is 25.4. The van der Waals surface area contributed by atoms with Crippen LogP contribution in [0.25, 0.3) is 6.08 Å². The summed E-state index contributed by atoms with van der Waals surface area (Å²) in [6, 6.07) is 33.2. The summed E-state index contributed by atoms with van der Waals surface area (Å²) >= 11 is 1.36. The van der Waals surface area contributed by atoms with Gasteiger partial charge in [-0.3, -0.25) is 9.69 Å². The number of aryl methyl sites for hydroxylation is 1. The molecule has 0 spiro atoms. The van der Waals surface area contributed by atoms with Crippen molar-refractivity contribution in [3.05, 3.63) is 125 Å². The molecule has 1 aliphatic rings. The molecule has 0 saturated carbocycles. The Hall–Kier alpha value is -4.29. The molecular weight excluding hydrogens is 492 g/mol. The second-order valence-electron chi connectivity index (χ2n) is 8.73. The smallest absolute Gasteiger partial charge is 0.271 e. The Bertz CT molecular complexity index is 1480. The molecule has 0 N–H and O–H groups in total. The number of thioether (sulfide) groups is 1. The molecule has 1 saturated heterocycles. The van der Waals surface area contributed by atoms with E-state index < -0.39 is 0 Å². The lowest BCUT2D eigenvalue weighted by atomic mass is 10.1. The van der Waals surface area contributed by atoms with Crippen molar-refractivity contribution in [2.75, 3.05) is 11.5 Å². The van der Waals surface area contributed by atoms with E-state index in [9.17, 15) is 4.79 Å². The van der Waals surface area contributed by atoms with Crippen molar-refractivity contribution in [1.29, 1.82) is 0 Å².